The highest BCUT2D eigenvalue weighted by Gasteiger charge is 2.42. The lowest BCUT2D eigenvalue weighted by atomic mass is 9.74. The molecule has 2 N–H and O–H groups in total. The Balaban J connectivity index is 1.38. The van der Waals surface area contributed by atoms with Crippen molar-refractivity contribution in [1.82, 2.24) is 15.5 Å². The normalized spacial score (nSPS) is 21.8. The number of benzene rings is 3. The molecule has 3 aromatic carbocycles. The average molecular weight is 552 g/mol. The van der Waals surface area contributed by atoms with Crippen LogP contribution in [-0.4, -0.2) is 35.2 Å². The van der Waals surface area contributed by atoms with Gasteiger partial charge in [0.2, 0.25) is 0 Å². The van der Waals surface area contributed by atoms with Crippen LogP contribution in [0.25, 0.3) is 0 Å². The van der Waals surface area contributed by atoms with Gasteiger partial charge in [-0.1, -0.05) is 130 Å². The Kier molecular flexibility index (Phi) is 8.84. The van der Waals surface area contributed by atoms with E-state index in [4.69, 9.17) is 12.2 Å². The summed E-state index contributed by atoms with van der Waals surface area (Å²) in [6.07, 6.45) is 13.4. The maximum atomic E-state index is 6.02. The van der Waals surface area contributed by atoms with Crippen LogP contribution in [0, 0.1) is 11.8 Å². The molecule has 0 bridgehead atoms. The van der Waals surface area contributed by atoms with E-state index in [1.54, 1.807) is 0 Å². The first-order valence-electron chi connectivity index (χ1n) is 15.7. The predicted molar refractivity (Wildman–Crippen MR) is 170 cm³/mol. The summed E-state index contributed by atoms with van der Waals surface area (Å²) in [5.41, 5.74) is 3.41. The molecule has 6 rings (SSSR count). The summed E-state index contributed by atoms with van der Waals surface area (Å²) in [5, 5.41) is 9.13. The van der Waals surface area contributed by atoms with Crippen LogP contribution in [-0.2, 0) is 5.54 Å². The monoisotopic (exact) mass is 551 g/mol. The van der Waals surface area contributed by atoms with Gasteiger partial charge in [0.05, 0.1) is 5.54 Å². The molecule has 0 aromatic heterocycles. The molecule has 1 aliphatic heterocycles. The van der Waals surface area contributed by atoms with Crippen molar-refractivity contribution in [1.29, 1.82) is 0 Å². The van der Waals surface area contributed by atoms with Gasteiger partial charge in [-0.15, -0.1) is 0 Å². The van der Waals surface area contributed by atoms with Crippen LogP contribution >= 0.6 is 12.2 Å². The molecule has 2 saturated carbocycles. The van der Waals surface area contributed by atoms with Crippen molar-refractivity contribution in [3.8, 4) is 0 Å². The van der Waals surface area contributed by atoms with Gasteiger partial charge in [0.15, 0.2) is 5.11 Å². The Bertz CT molecular complexity index is 1110. The van der Waals surface area contributed by atoms with Gasteiger partial charge in [0.25, 0.3) is 0 Å². The summed E-state index contributed by atoms with van der Waals surface area (Å²) >= 11 is 6.02. The molecule has 0 unspecified atom stereocenters. The number of nitrogens with zero attached hydrogens (tertiary/aromatic N) is 1. The minimum Gasteiger partial charge on any atom is -0.358 e. The van der Waals surface area contributed by atoms with Crippen LogP contribution < -0.4 is 10.6 Å². The first-order valence-corrected chi connectivity index (χ1v) is 16.1. The van der Waals surface area contributed by atoms with Gasteiger partial charge in [-0.3, -0.25) is 5.32 Å². The lowest BCUT2D eigenvalue weighted by molar-refractivity contribution is 0.200. The molecule has 40 heavy (non-hydrogen) atoms. The van der Waals surface area contributed by atoms with Gasteiger partial charge in [-0.2, -0.15) is 0 Å². The maximum absolute atomic E-state index is 6.02. The molecule has 1 saturated heterocycles. The summed E-state index contributed by atoms with van der Waals surface area (Å²) < 4.78 is 0. The zero-order chi connectivity index (χ0) is 27.2. The van der Waals surface area contributed by atoms with E-state index in [2.05, 4.69) is 107 Å². The Morgan fingerprint density at radius 2 is 1.18 bits per heavy atom. The number of hydrogen-bond acceptors (Lipinski definition) is 2. The predicted octanol–water partition coefficient (Wildman–Crippen LogP) is 7.66. The zero-order valence-corrected chi connectivity index (χ0v) is 24.6. The highest BCUT2D eigenvalue weighted by Crippen LogP contribution is 2.39. The molecule has 210 valence electrons. The van der Waals surface area contributed by atoms with Crippen molar-refractivity contribution in [2.75, 3.05) is 13.1 Å². The number of thiocarbonyl (C=S) groups is 1. The van der Waals surface area contributed by atoms with Gasteiger partial charge in [-0.25, -0.2) is 0 Å². The third kappa shape index (κ3) is 5.85. The van der Waals surface area contributed by atoms with Gasteiger partial charge in [0.1, 0.15) is 0 Å². The second kappa shape index (κ2) is 12.9. The van der Waals surface area contributed by atoms with E-state index in [0.29, 0.717) is 18.0 Å². The van der Waals surface area contributed by atoms with Crippen LogP contribution in [0.4, 0.5) is 0 Å². The molecular weight excluding hydrogens is 506 g/mol. The molecule has 3 aromatic rings. The number of nitrogens with one attached hydrogen (secondary N) is 2. The molecular formula is C36H45N3S. The van der Waals surface area contributed by atoms with Crippen LogP contribution in [0.3, 0.4) is 0 Å². The standard InChI is InChI=1S/C36H45N3S/c40-35-37-33(28-16-6-1-7-17-28)26-39(35)27-34(29-18-8-2-9-19-29)38-36(30-20-10-3-11-21-30,31-22-12-4-13-23-31)32-24-14-5-15-25-32/h3-5,10-15,20-25,28-29,33-34,38H,1-2,6-9,16-19,26-27H2,(H,37,40)/t33-,34-/m0/s1. The maximum Gasteiger partial charge on any atom is 0.169 e. The van der Waals surface area contributed by atoms with Crippen LogP contribution in [0.1, 0.15) is 80.9 Å². The van der Waals surface area contributed by atoms with Gasteiger partial charge >= 0.3 is 0 Å². The fourth-order valence-electron chi connectivity index (χ4n) is 7.76. The number of rotatable bonds is 9. The fraction of sp³-hybridized carbons (Fsp3) is 0.472. The first kappa shape index (κ1) is 27.5. The van der Waals surface area contributed by atoms with E-state index in [0.717, 1.165) is 24.1 Å². The van der Waals surface area contributed by atoms with Crippen molar-refractivity contribution in [2.45, 2.75) is 81.8 Å². The molecule has 4 heteroatoms. The minimum atomic E-state index is -0.455. The van der Waals surface area contributed by atoms with E-state index in [1.807, 2.05) is 0 Å². The highest BCUT2D eigenvalue weighted by molar-refractivity contribution is 7.80. The van der Waals surface area contributed by atoms with Crippen molar-refractivity contribution >= 4 is 17.3 Å². The van der Waals surface area contributed by atoms with E-state index in [9.17, 15) is 0 Å². The second-order valence-corrected chi connectivity index (χ2v) is 12.7. The van der Waals surface area contributed by atoms with Crippen molar-refractivity contribution in [3.63, 3.8) is 0 Å². The second-order valence-electron chi connectivity index (χ2n) is 12.4. The summed E-state index contributed by atoms with van der Waals surface area (Å²) in [4.78, 5) is 2.51. The molecule has 0 amide bonds. The Labute approximate surface area is 246 Å². The zero-order valence-electron chi connectivity index (χ0n) is 23.8. The fourth-order valence-corrected chi connectivity index (χ4v) is 8.06. The smallest absolute Gasteiger partial charge is 0.169 e. The Hall–Kier alpha value is -2.69. The summed E-state index contributed by atoms with van der Waals surface area (Å²) in [7, 11) is 0. The van der Waals surface area contributed by atoms with Crippen LogP contribution in [0.15, 0.2) is 91.0 Å². The van der Waals surface area contributed by atoms with Crippen LogP contribution in [0.2, 0.25) is 0 Å². The largest absolute Gasteiger partial charge is 0.358 e. The Morgan fingerprint density at radius 1 is 0.700 bits per heavy atom. The lowest BCUT2D eigenvalue weighted by Crippen LogP contribution is -2.56. The average Bonchev–Trinajstić information content (AvgIpc) is 3.41. The lowest BCUT2D eigenvalue weighted by Gasteiger charge is -2.44. The number of hydrogen-bond donors (Lipinski definition) is 2. The molecule has 3 fully saturated rings. The van der Waals surface area contributed by atoms with Gasteiger partial charge < -0.3 is 10.2 Å². The third-order valence-corrected chi connectivity index (χ3v) is 10.3. The van der Waals surface area contributed by atoms with Crippen molar-refractivity contribution in [3.05, 3.63) is 108 Å². The van der Waals surface area contributed by atoms with Crippen molar-refractivity contribution in [2.24, 2.45) is 11.8 Å². The minimum absolute atomic E-state index is 0.311. The van der Waals surface area contributed by atoms with E-state index >= 15 is 0 Å². The van der Waals surface area contributed by atoms with Crippen LogP contribution in [0.5, 0.6) is 0 Å². The molecule has 0 spiro atoms. The third-order valence-electron chi connectivity index (χ3n) is 9.89. The molecule has 1 heterocycles. The molecule has 2 aliphatic carbocycles. The van der Waals surface area contributed by atoms with Crippen molar-refractivity contribution < 1.29 is 0 Å². The molecule has 2 atom stereocenters. The molecule has 3 aliphatic rings. The van der Waals surface area contributed by atoms with Gasteiger partial charge in [-0.05, 0) is 66.4 Å². The first-order chi connectivity index (χ1) is 19.7. The summed E-state index contributed by atoms with van der Waals surface area (Å²) in [5.74, 6) is 1.38. The summed E-state index contributed by atoms with van der Waals surface area (Å²) in [6.45, 7) is 2.00. The quantitative estimate of drug-likeness (QED) is 0.211. The highest BCUT2D eigenvalue weighted by atomic mass is 32.1. The Morgan fingerprint density at radius 3 is 1.68 bits per heavy atom. The molecule has 3 nitrogen and oxygen atoms in total. The van der Waals surface area contributed by atoms with E-state index in [1.165, 1.54) is 80.9 Å². The summed E-state index contributed by atoms with van der Waals surface area (Å²) in [6, 6.07) is 34.1. The van der Waals surface area contributed by atoms with E-state index in [-0.39, 0.29) is 0 Å². The van der Waals surface area contributed by atoms with E-state index < -0.39 is 5.54 Å². The topological polar surface area (TPSA) is 27.3 Å². The molecule has 0 radical (unpaired) electrons. The van der Waals surface area contributed by atoms with Gasteiger partial charge in [0, 0.05) is 25.2 Å². The SMILES string of the molecule is S=C1N[C@H](C2CCCCC2)CN1C[C@H](NC(c1ccccc1)(c1ccccc1)c1ccccc1)C1CCCCC1.